The van der Waals surface area contributed by atoms with E-state index in [4.69, 9.17) is 4.52 Å². The van der Waals surface area contributed by atoms with E-state index in [0.717, 1.165) is 16.3 Å². The summed E-state index contributed by atoms with van der Waals surface area (Å²) < 4.78 is 5.03. The van der Waals surface area contributed by atoms with Crippen molar-refractivity contribution in [3.05, 3.63) is 37.8 Å². The van der Waals surface area contributed by atoms with Gasteiger partial charge in [0.05, 0.1) is 0 Å². The van der Waals surface area contributed by atoms with E-state index in [0.29, 0.717) is 0 Å². The standard InChI is InChI=1S/C9H7NOS.CH3.Fe/c1-12-9-6-8(10-11-9)7-4-2-3-5-7;;/h2-4,6H,1H3;1H3;/q-2;-1;+3. The molecule has 75 valence electrons. The molecule has 0 aliphatic carbocycles. The summed E-state index contributed by atoms with van der Waals surface area (Å²) in [5.74, 6) is 0. The van der Waals surface area contributed by atoms with E-state index in [1.165, 1.54) is 0 Å². The molecule has 0 aliphatic heterocycles. The molecule has 4 heteroatoms. The van der Waals surface area contributed by atoms with Crippen molar-refractivity contribution in [3.8, 4) is 11.3 Å². The maximum absolute atomic E-state index is 5.03. The fourth-order valence-corrected chi connectivity index (χ4v) is 1.31. The van der Waals surface area contributed by atoms with Crippen molar-refractivity contribution in [2.45, 2.75) is 5.09 Å². The largest absolute Gasteiger partial charge is 3.00 e. The predicted octanol–water partition coefficient (Wildman–Crippen LogP) is 2.87. The minimum absolute atomic E-state index is 0. The minimum atomic E-state index is 0. The number of thioether (sulfide) groups is 1. The van der Waals surface area contributed by atoms with Gasteiger partial charge in [0.1, 0.15) is 0 Å². The molecule has 0 saturated heterocycles. The van der Waals surface area contributed by atoms with Crippen LogP contribution in [0.15, 0.2) is 33.9 Å². The van der Waals surface area contributed by atoms with Crippen molar-refractivity contribution in [3.63, 3.8) is 0 Å². The van der Waals surface area contributed by atoms with Crippen molar-refractivity contribution in [2.24, 2.45) is 0 Å². The summed E-state index contributed by atoms with van der Waals surface area (Å²) in [6, 6.07) is 10.7. The van der Waals surface area contributed by atoms with Gasteiger partial charge in [0, 0.05) is 0 Å². The maximum Gasteiger partial charge on any atom is 3.00 e. The first kappa shape index (κ1) is 13.4. The van der Waals surface area contributed by atoms with Crippen LogP contribution in [-0.2, 0) is 17.1 Å². The van der Waals surface area contributed by atoms with Crippen LogP contribution in [0, 0.1) is 13.5 Å². The molecule has 0 aliphatic rings. The van der Waals surface area contributed by atoms with Crippen molar-refractivity contribution in [2.75, 3.05) is 6.26 Å². The Hall–Kier alpha value is -0.571. The van der Waals surface area contributed by atoms with E-state index in [9.17, 15) is 0 Å². The second-order valence-electron chi connectivity index (χ2n) is 2.32. The molecule has 0 fully saturated rings. The first-order chi connectivity index (χ1) is 5.90. The molecule has 2 rings (SSSR count). The third-order valence-electron chi connectivity index (χ3n) is 1.56. The molecular formula is C10H10FeNOS. The summed E-state index contributed by atoms with van der Waals surface area (Å²) in [6.07, 6.45) is 1.96. The topological polar surface area (TPSA) is 25.4 Å². The Bertz CT molecular complexity index is 356. The number of nitrogens with zero attached hydrogens (tertiary/aromatic N) is 1. The fourth-order valence-electron chi connectivity index (χ4n) is 0.971. The van der Waals surface area contributed by atoms with Crippen LogP contribution in [0.3, 0.4) is 0 Å². The SMILES string of the molecule is CSc1cc(-c2[c-]cc[cH-]2)[n-][o+]1.[CH3-].[Fe+3]. The molecule has 1 aromatic heterocycles. The number of aromatic nitrogens is 1. The van der Waals surface area contributed by atoms with Gasteiger partial charge in [0.2, 0.25) is 0 Å². The summed E-state index contributed by atoms with van der Waals surface area (Å²) in [6.45, 7) is 0. The van der Waals surface area contributed by atoms with E-state index >= 15 is 0 Å². The zero-order chi connectivity index (χ0) is 8.39. The van der Waals surface area contributed by atoms with Crippen molar-refractivity contribution >= 4 is 11.8 Å². The Morgan fingerprint density at radius 1 is 1.57 bits per heavy atom. The quantitative estimate of drug-likeness (QED) is 0.353. The Balaban J connectivity index is 0.000000845. The van der Waals surface area contributed by atoms with Gasteiger partial charge in [-0.05, 0) is 24.1 Å². The molecule has 0 unspecified atom stereocenters. The van der Waals surface area contributed by atoms with Gasteiger partial charge < -0.3 is 24.2 Å². The molecule has 1 radical (unpaired) electrons. The van der Waals surface area contributed by atoms with Gasteiger partial charge in [-0.1, -0.05) is 0 Å². The van der Waals surface area contributed by atoms with Crippen molar-refractivity contribution < 1.29 is 21.6 Å². The summed E-state index contributed by atoms with van der Waals surface area (Å²) in [4.78, 5) is 0. The normalized spacial score (nSPS) is 8.93. The molecule has 14 heavy (non-hydrogen) atoms. The predicted molar refractivity (Wildman–Crippen MR) is 54.5 cm³/mol. The van der Waals surface area contributed by atoms with Crippen LogP contribution in [0.5, 0.6) is 0 Å². The van der Waals surface area contributed by atoms with Gasteiger partial charge in [0.25, 0.3) is 0 Å². The van der Waals surface area contributed by atoms with E-state index in [2.05, 4.69) is 11.2 Å². The molecular weight excluding hydrogens is 238 g/mol. The van der Waals surface area contributed by atoms with Gasteiger partial charge in [-0.15, -0.1) is 0 Å². The van der Waals surface area contributed by atoms with Crippen LogP contribution in [0.4, 0.5) is 0 Å². The van der Waals surface area contributed by atoms with Gasteiger partial charge in [-0.3, -0.25) is 22.7 Å². The number of hydrogen-bond donors (Lipinski definition) is 0. The molecule has 0 atom stereocenters. The smallest absolute Gasteiger partial charge is 0.358 e. The van der Waals surface area contributed by atoms with E-state index in [1.807, 2.05) is 30.5 Å². The van der Waals surface area contributed by atoms with E-state index in [1.54, 1.807) is 11.8 Å². The van der Waals surface area contributed by atoms with Crippen LogP contribution in [0.1, 0.15) is 0 Å². The first-order valence-electron chi connectivity index (χ1n) is 3.54. The number of rotatable bonds is 2. The third-order valence-corrected chi connectivity index (χ3v) is 2.16. The third kappa shape index (κ3) is 2.71. The Morgan fingerprint density at radius 3 is 2.86 bits per heavy atom. The molecule has 2 nitrogen and oxygen atoms in total. The zero-order valence-electron chi connectivity index (χ0n) is 7.93. The summed E-state index contributed by atoms with van der Waals surface area (Å²) in [5.41, 5.74) is 1.84. The van der Waals surface area contributed by atoms with Crippen LogP contribution in [-0.4, -0.2) is 6.26 Å². The van der Waals surface area contributed by atoms with Crippen molar-refractivity contribution in [1.29, 1.82) is 0 Å². The summed E-state index contributed by atoms with van der Waals surface area (Å²) >= 11 is 1.54. The van der Waals surface area contributed by atoms with E-state index in [-0.39, 0.29) is 24.5 Å². The van der Waals surface area contributed by atoms with Gasteiger partial charge >= 0.3 is 22.2 Å². The minimum Gasteiger partial charge on any atom is -0.358 e. The Morgan fingerprint density at radius 2 is 2.36 bits per heavy atom. The van der Waals surface area contributed by atoms with Crippen LogP contribution in [0.2, 0.25) is 0 Å². The van der Waals surface area contributed by atoms with Crippen LogP contribution >= 0.6 is 11.8 Å². The molecule has 0 saturated carbocycles. The number of hydrogen-bond acceptors (Lipinski definition) is 1. The zero-order valence-corrected chi connectivity index (χ0v) is 9.85. The second-order valence-corrected chi connectivity index (χ2v) is 3.13. The molecule has 2 aromatic rings. The van der Waals surface area contributed by atoms with Crippen LogP contribution in [0.25, 0.3) is 11.3 Å². The Kier molecular flexibility index (Phi) is 5.77. The van der Waals surface area contributed by atoms with Gasteiger partial charge in [-0.2, -0.15) is 0 Å². The van der Waals surface area contributed by atoms with Crippen LogP contribution < -0.4 is 5.16 Å². The molecule has 1 aromatic carbocycles. The molecule has 0 spiro atoms. The maximum atomic E-state index is 5.03. The van der Waals surface area contributed by atoms with E-state index < -0.39 is 0 Å². The van der Waals surface area contributed by atoms with Gasteiger partial charge in [0.15, 0.2) is 0 Å². The fraction of sp³-hybridized carbons (Fsp3) is 0.100. The first-order valence-corrected chi connectivity index (χ1v) is 4.77. The summed E-state index contributed by atoms with van der Waals surface area (Å²) in [5, 5.41) is 4.74. The second kappa shape index (κ2) is 6.02. The molecule has 0 N–H and O–H groups in total. The molecule has 0 bridgehead atoms. The molecule has 1 heterocycles. The summed E-state index contributed by atoms with van der Waals surface area (Å²) in [7, 11) is 0. The van der Waals surface area contributed by atoms with Crippen molar-refractivity contribution in [1.82, 2.24) is 5.16 Å². The average molecular weight is 248 g/mol. The molecule has 0 amide bonds. The van der Waals surface area contributed by atoms with Gasteiger partial charge in [-0.25, -0.2) is 5.69 Å². The monoisotopic (exact) mass is 248 g/mol. The average Bonchev–Trinajstić information content (AvgIpc) is 2.75. The Labute approximate surface area is 98.9 Å².